The van der Waals surface area contributed by atoms with E-state index in [1.54, 1.807) is 30.3 Å². The highest BCUT2D eigenvalue weighted by Gasteiger charge is 2.45. The largest absolute Gasteiger partial charge is 0.503 e. The number of methoxy groups -OCH3 is 1. The Hall–Kier alpha value is -4.39. The second kappa shape index (κ2) is 8.43. The third kappa shape index (κ3) is 3.65. The first-order valence-electron chi connectivity index (χ1n) is 11.0. The van der Waals surface area contributed by atoms with Gasteiger partial charge in [-0.15, -0.1) is 0 Å². The summed E-state index contributed by atoms with van der Waals surface area (Å²) >= 11 is 0. The van der Waals surface area contributed by atoms with E-state index in [0.717, 1.165) is 11.1 Å². The minimum absolute atomic E-state index is 0.0482. The molecule has 1 aliphatic rings. The van der Waals surface area contributed by atoms with Gasteiger partial charge in [0.25, 0.3) is 5.91 Å². The smallest absolute Gasteiger partial charge is 0.294 e. The lowest BCUT2D eigenvalue weighted by atomic mass is 9.94. The normalized spacial score (nSPS) is 15.8. The predicted molar refractivity (Wildman–Crippen MR) is 129 cm³/mol. The molecule has 0 saturated heterocycles. The van der Waals surface area contributed by atoms with Gasteiger partial charge in [0, 0.05) is 11.1 Å². The van der Waals surface area contributed by atoms with Gasteiger partial charge in [0.2, 0.25) is 5.78 Å². The molecule has 0 radical (unpaired) electrons. The minimum Gasteiger partial charge on any atom is -0.503 e. The van der Waals surface area contributed by atoms with Gasteiger partial charge in [0.05, 0.1) is 18.7 Å². The van der Waals surface area contributed by atoms with Crippen LogP contribution in [0.25, 0.3) is 11.0 Å². The topological polar surface area (TPSA) is 80.0 Å². The number of amides is 1. The van der Waals surface area contributed by atoms with E-state index in [1.807, 2.05) is 26.0 Å². The Morgan fingerprint density at radius 1 is 1.03 bits per heavy atom. The number of aliphatic hydroxyl groups excluding tert-OH is 1. The van der Waals surface area contributed by atoms with Crippen LogP contribution in [0, 0.1) is 19.7 Å². The molecular formula is C28H22FNO5. The van der Waals surface area contributed by atoms with Crippen molar-refractivity contribution in [3.8, 4) is 5.75 Å². The summed E-state index contributed by atoms with van der Waals surface area (Å²) in [6.45, 7) is 3.86. The number of Topliss-reactive ketones (excluding diaryl/α,β-unsaturated/α-hetero) is 1. The van der Waals surface area contributed by atoms with E-state index in [0.29, 0.717) is 28.0 Å². The lowest BCUT2D eigenvalue weighted by molar-refractivity contribution is -0.117. The average molecular weight is 471 g/mol. The molecule has 1 N–H and O–H groups in total. The van der Waals surface area contributed by atoms with Crippen LogP contribution in [-0.4, -0.2) is 23.9 Å². The standard InChI is InChI=1S/C28H22FNO5/c1-15-7-12-20(13-16(15)2)30-24(17-8-10-19(29)11-9-17)23(26(32)28(30)33)25(31)22-14-18-5-4-6-21(34-3)27(18)35-22/h4-14,24,32H,1-3H3. The van der Waals surface area contributed by atoms with Crippen LogP contribution in [0.1, 0.15) is 33.3 Å². The molecule has 1 aliphatic heterocycles. The van der Waals surface area contributed by atoms with E-state index in [1.165, 1.54) is 36.3 Å². The molecule has 0 aliphatic carbocycles. The number of ether oxygens (including phenoxy) is 1. The highest BCUT2D eigenvalue weighted by atomic mass is 19.1. The number of aliphatic hydroxyl groups is 1. The highest BCUT2D eigenvalue weighted by Crippen LogP contribution is 2.43. The van der Waals surface area contributed by atoms with Crippen molar-refractivity contribution >= 4 is 28.3 Å². The third-order valence-corrected chi connectivity index (χ3v) is 6.36. The van der Waals surface area contributed by atoms with E-state index in [9.17, 15) is 19.1 Å². The number of nitrogens with zero attached hydrogens (tertiary/aromatic N) is 1. The first kappa shape index (κ1) is 22.4. The Kier molecular flexibility index (Phi) is 5.40. The maximum Gasteiger partial charge on any atom is 0.294 e. The summed E-state index contributed by atoms with van der Waals surface area (Å²) in [7, 11) is 1.49. The number of para-hydroxylation sites is 1. The first-order chi connectivity index (χ1) is 16.8. The zero-order valence-corrected chi connectivity index (χ0v) is 19.3. The van der Waals surface area contributed by atoms with E-state index in [4.69, 9.17) is 9.15 Å². The van der Waals surface area contributed by atoms with Crippen LogP contribution >= 0.6 is 0 Å². The number of furan rings is 1. The summed E-state index contributed by atoms with van der Waals surface area (Å²) in [6, 6.07) is 16.7. The van der Waals surface area contributed by atoms with E-state index in [-0.39, 0.29) is 11.3 Å². The van der Waals surface area contributed by atoms with Crippen molar-refractivity contribution in [2.24, 2.45) is 0 Å². The van der Waals surface area contributed by atoms with Gasteiger partial charge in [0.1, 0.15) is 5.82 Å². The maximum atomic E-state index is 13.7. The molecule has 3 aromatic carbocycles. The van der Waals surface area contributed by atoms with Crippen molar-refractivity contribution in [3.63, 3.8) is 0 Å². The third-order valence-electron chi connectivity index (χ3n) is 6.36. The molecule has 176 valence electrons. The van der Waals surface area contributed by atoms with Gasteiger partial charge in [-0.05, 0) is 66.9 Å². The SMILES string of the molecule is COc1cccc2cc(C(=O)C3=C(O)C(=O)N(c4ccc(C)c(C)c4)C3c3ccc(F)cc3)oc12. The van der Waals surface area contributed by atoms with Crippen LogP contribution in [0.5, 0.6) is 5.75 Å². The van der Waals surface area contributed by atoms with Crippen molar-refractivity contribution < 1.29 is 28.2 Å². The molecule has 0 spiro atoms. The average Bonchev–Trinajstić information content (AvgIpc) is 3.40. The number of rotatable bonds is 5. The molecule has 35 heavy (non-hydrogen) atoms. The number of benzene rings is 3. The molecule has 0 fully saturated rings. The van der Waals surface area contributed by atoms with E-state index >= 15 is 0 Å². The summed E-state index contributed by atoms with van der Waals surface area (Å²) in [6.07, 6.45) is 0. The number of carbonyl (C=O) groups excluding carboxylic acids is 2. The fourth-order valence-corrected chi connectivity index (χ4v) is 4.38. The van der Waals surface area contributed by atoms with Gasteiger partial charge in [-0.25, -0.2) is 4.39 Å². The van der Waals surface area contributed by atoms with Crippen LogP contribution in [0.2, 0.25) is 0 Å². The highest BCUT2D eigenvalue weighted by molar-refractivity contribution is 6.20. The summed E-state index contributed by atoms with van der Waals surface area (Å²) in [4.78, 5) is 28.4. The number of ketones is 1. The molecule has 1 amide bonds. The van der Waals surface area contributed by atoms with Gasteiger partial charge in [0.15, 0.2) is 22.9 Å². The number of anilines is 1. The van der Waals surface area contributed by atoms with Gasteiger partial charge in [-0.2, -0.15) is 0 Å². The van der Waals surface area contributed by atoms with Crippen molar-refractivity contribution in [3.05, 3.63) is 106 Å². The molecular weight excluding hydrogens is 449 g/mol. The van der Waals surface area contributed by atoms with Gasteiger partial charge < -0.3 is 14.3 Å². The van der Waals surface area contributed by atoms with Gasteiger partial charge in [-0.3, -0.25) is 14.5 Å². The summed E-state index contributed by atoms with van der Waals surface area (Å²) in [5, 5.41) is 11.6. The summed E-state index contributed by atoms with van der Waals surface area (Å²) in [5.41, 5.74) is 3.19. The number of hydrogen-bond donors (Lipinski definition) is 1. The summed E-state index contributed by atoms with van der Waals surface area (Å²) < 4.78 is 24.9. The number of halogens is 1. The molecule has 0 bridgehead atoms. The Balaban J connectivity index is 1.67. The zero-order valence-electron chi connectivity index (χ0n) is 19.3. The Bertz CT molecular complexity index is 1520. The Morgan fingerprint density at radius 3 is 2.46 bits per heavy atom. The van der Waals surface area contributed by atoms with E-state index < -0.39 is 29.3 Å². The fraction of sp³-hybridized carbons (Fsp3) is 0.143. The predicted octanol–water partition coefficient (Wildman–Crippen LogP) is 5.98. The van der Waals surface area contributed by atoms with Crippen LogP contribution < -0.4 is 9.64 Å². The molecule has 5 rings (SSSR count). The molecule has 4 aromatic rings. The fourth-order valence-electron chi connectivity index (χ4n) is 4.38. The lowest BCUT2D eigenvalue weighted by Crippen LogP contribution is -2.31. The second-order valence-corrected chi connectivity index (χ2v) is 8.48. The van der Waals surface area contributed by atoms with Gasteiger partial charge in [-0.1, -0.05) is 30.3 Å². The molecule has 0 saturated carbocycles. The Labute approximate surface area is 200 Å². The van der Waals surface area contributed by atoms with Crippen molar-refractivity contribution in [2.75, 3.05) is 12.0 Å². The lowest BCUT2D eigenvalue weighted by Gasteiger charge is -2.27. The monoisotopic (exact) mass is 471 g/mol. The first-order valence-corrected chi connectivity index (χ1v) is 11.0. The second-order valence-electron chi connectivity index (χ2n) is 8.48. The summed E-state index contributed by atoms with van der Waals surface area (Å²) in [5.74, 6) is -2.09. The van der Waals surface area contributed by atoms with Crippen LogP contribution in [-0.2, 0) is 4.79 Å². The maximum absolute atomic E-state index is 13.7. The van der Waals surface area contributed by atoms with Crippen LogP contribution in [0.3, 0.4) is 0 Å². The van der Waals surface area contributed by atoms with Gasteiger partial charge >= 0.3 is 0 Å². The molecule has 1 atom stereocenters. The molecule has 1 unspecified atom stereocenters. The van der Waals surface area contributed by atoms with Crippen molar-refractivity contribution in [1.29, 1.82) is 0 Å². The number of hydrogen-bond acceptors (Lipinski definition) is 5. The van der Waals surface area contributed by atoms with Crippen LogP contribution in [0.4, 0.5) is 10.1 Å². The van der Waals surface area contributed by atoms with Crippen LogP contribution in [0.15, 0.2) is 82.5 Å². The molecule has 7 heteroatoms. The number of aryl methyl sites for hydroxylation is 2. The molecule has 2 heterocycles. The number of carbonyl (C=O) groups is 2. The van der Waals surface area contributed by atoms with E-state index in [2.05, 4.69) is 0 Å². The Morgan fingerprint density at radius 2 is 1.77 bits per heavy atom. The van der Waals surface area contributed by atoms with Crippen molar-refractivity contribution in [1.82, 2.24) is 0 Å². The van der Waals surface area contributed by atoms with Crippen molar-refractivity contribution in [2.45, 2.75) is 19.9 Å². The molecule has 6 nitrogen and oxygen atoms in total. The quantitative estimate of drug-likeness (QED) is 0.362. The number of fused-ring (bicyclic) bond motifs is 1. The molecule has 1 aromatic heterocycles. The zero-order chi connectivity index (χ0) is 24.9. The minimum atomic E-state index is -0.979.